The lowest BCUT2D eigenvalue weighted by molar-refractivity contribution is -0.119. The molecule has 2 amide bonds. The molecule has 0 saturated heterocycles. The molecule has 2 aromatic carbocycles. The van der Waals surface area contributed by atoms with Crippen LogP contribution in [0.15, 0.2) is 53.9 Å². The average Bonchev–Trinajstić information content (AvgIpc) is 3.35. The van der Waals surface area contributed by atoms with E-state index in [2.05, 4.69) is 11.4 Å². The van der Waals surface area contributed by atoms with E-state index in [0.29, 0.717) is 30.2 Å². The van der Waals surface area contributed by atoms with Crippen LogP contribution in [-0.2, 0) is 17.8 Å². The van der Waals surface area contributed by atoms with Crippen molar-refractivity contribution in [1.82, 2.24) is 10.2 Å². The van der Waals surface area contributed by atoms with Gasteiger partial charge in [0, 0.05) is 30.5 Å². The fourth-order valence-electron chi connectivity index (χ4n) is 4.08. The van der Waals surface area contributed by atoms with E-state index in [4.69, 9.17) is 9.47 Å². The maximum absolute atomic E-state index is 13.6. The van der Waals surface area contributed by atoms with Gasteiger partial charge in [-0.25, -0.2) is 0 Å². The van der Waals surface area contributed by atoms with E-state index in [1.54, 1.807) is 25.6 Å². The topological polar surface area (TPSA) is 67.9 Å². The summed E-state index contributed by atoms with van der Waals surface area (Å²) in [5.41, 5.74) is 3.80. The summed E-state index contributed by atoms with van der Waals surface area (Å²) in [5, 5.41) is 4.81. The highest BCUT2D eigenvalue weighted by Crippen LogP contribution is 2.42. The van der Waals surface area contributed by atoms with Gasteiger partial charge < -0.3 is 19.7 Å². The standard InChI is InChI=1S/C25H26N2O4S/c1-16(28)26-15-17-6-8-18(9-7-17)25(29)27-11-10-19-13-21(30-2)22(31-3)14-20(19)24(27)23-5-4-12-32-23/h4-9,12-14,24H,10-11,15H2,1-3H3,(H,26,28). The molecule has 7 heteroatoms. The van der Waals surface area contributed by atoms with Crippen molar-refractivity contribution in [2.75, 3.05) is 20.8 Å². The molecular weight excluding hydrogens is 424 g/mol. The van der Waals surface area contributed by atoms with E-state index < -0.39 is 0 Å². The first kappa shape index (κ1) is 21.9. The minimum atomic E-state index is -0.190. The molecule has 0 spiro atoms. The summed E-state index contributed by atoms with van der Waals surface area (Å²) in [6, 6.07) is 15.3. The second-order valence-corrected chi connectivity index (χ2v) is 8.66. The van der Waals surface area contributed by atoms with Gasteiger partial charge in [0.15, 0.2) is 11.5 Å². The van der Waals surface area contributed by atoms with Gasteiger partial charge in [-0.15, -0.1) is 11.3 Å². The van der Waals surface area contributed by atoms with Crippen molar-refractivity contribution in [3.05, 3.63) is 81.0 Å². The van der Waals surface area contributed by atoms with Crippen molar-refractivity contribution in [3.63, 3.8) is 0 Å². The summed E-state index contributed by atoms with van der Waals surface area (Å²) in [5.74, 6) is 1.26. The number of hydrogen-bond acceptors (Lipinski definition) is 5. The Morgan fingerprint density at radius 3 is 2.44 bits per heavy atom. The van der Waals surface area contributed by atoms with Crippen LogP contribution < -0.4 is 14.8 Å². The number of benzene rings is 2. The van der Waals surface area contributed by atoms with Crippen LogP contribution in [0.25, 0.3) is 0 Å². The molecule has 0 radical (unpaired) electrons. The number of carbonyl (C=O) groups is 2. The smallest absolute Gasteiger partial charge is 0.254 e. The number of amides is 2. The zero-order chi connectivity index (χ0) is 22.7. The van der Waals surface area contributed by atoms with Gasteiger partial charge >= 0.3 is 0 Å². The summed E-state index contributed by atoms with van der Waals surface area (Å²) >= 11 is 1.64. The summed E-state index contributed by atoms with van der Waals surface area (Å²) in [6.45, 7) is 2.54. The molecule has 6 nitrogen and oxygen atoms in total. The number of carbonyl (C=O) groups excluding carboxylic acids is 2. The quantitative estimate of drug-likeness (QED) is 0.612. The number of ether oxygens (including phenoxy) is 2. The Hall–Kier alpha value is -3.32. The Balaban J connectivity index is 1.68. The monoisotopic (exact) mass is 450 g/mol. The van der Waals surface area contributed by atoms with Gasteiger partial charge in [0.05, 0.1) is 20.3 Å². The van der Waals surface area contributed by atoms with Crippen molar-refractivity contribution in [3.8, 4) is 11.5 Å². The molecule has 1 N–H and O–H groups in total. The Bertz CT molecular complexity index is 1110. The number of methoxy groups -OCH3 is 2. The number of hydrogen-bond donors (Lipinski definition) is 1. The van der Waals surface area contributed by atoms with Crippen molar-refractivity contribution in [1.29, 1.82) is 0 Å². The van der Waals surface area contributed by atoms with Crippen LogP contribution in [0.2, 0.25) is 0 Å². The normalized spacial score (nSPS) is 15.1. The van der Waals surface area contributed by atoms with Gasteiger partial charge in [-0.05, 0) is 58.8 Å². The Morgan fingerprint density at radius 1 is 1.09 bits per heavy atom. The van der Waals surface area contributed by atoms with Crippen LogP contribution in [0.4, 0.5) is 0 Å². The van der Waals surface area contributed by atoms with E-state index in [0.717, 1.165) is 28.0 Å². The molecule has 1 aliphatic heterocycles. The lowest BCUT2D eigenvalue weighted by atomic mass is 9.90. The molecule has 1 aliphatic rings. The lowest BCUT2D eigenvalue weighted by Crippen LogP contribution is -2.40. The highest BCUT2D eigenvalue weighted by Gasteiger charge is 2.34. The molecule has 0 bridgehead atoms. The van der Waals surface area contributed by atoms with Crippen molar-refractivity contribution < 1.29 is 19.1 Å². The van der Waals surface area contributed by atoms with E-state index in [1.807, 2.05) is 52.7 Å². The highest BCUT2D eigenvalue weighted by atomic mass is 32.1. The van der Waals surface area contributed by atoms with Gasteiger partial charge in [-0.1, -0.05) is 18.2 Å². The van der Waals surface area contributed by atoms with E-state index in [1.165, 1.54) is 6.92 Å². The predicted octanol–water partition coefficient (Wildman–Crippen LogP) is 4.19. The maximum atomic E-state index is 13.6. The molecule has 0 aliphatic carbocycles. The number of thiophene rings is 1. The van der Waals surface area contributed by atoms with Crippen LogP contribution in [0.3, 0.4) is 0 Å². The minimum absolute atomic E-state index is 0.0186. The molecule has 1 atom stereocenters. The Labute approximate surface area is 191 Å². The van der Waals surface area contributed by atoms with Gasteiger partial charge in [-0.2, -0.15) is 0 Å². The van der Waals surface area contributed by atoms with Crippen LogP contribution >= 0.6 is 11.3 Å². The zero-order valence-electron chi connectivity index (χ0n) is 18.4. The van der Waals surface area contributed by atoms with Crippen LogP contribution in [-0.4, -0.2) is 37.5 Å². The Morgan fingerprint density at radius 2 is 1.81 bits per heavy atom. The van der Waals surface area contributed by atoms with Gasteiger partial charge in [0.25, 0.3) is 5.91 Å². The lowest BCUT2D eigenvalue weighted by Gasteiger charge is -2.37. The van der Waals surface area contributed by atoms with E-state index >= 15 is 0 Å². The average molecular weight is 451 g/mol. The fraction of sp³-hybridized carbons (Fsp3) is 0.280. The van der Waals surface area contributed by atoms with Crippen LogP contribution in [0.1, 0.15) is 44.9 Å². The molecule has 2 heterocycles. The number of rotatable bonds is 6. The zero-order valence-corrected chi connectivity index (χ0v) is 19.2. The third-order valence-corrected chi connectivity index (χ3v) is 6.61. The first-order valence-electron chi connectivity index (χ1n) is 10.4. The molecule has 1 aromatic heterocycles. The van der Waals surface area contributed by atoms with Crippen LogP contribution in [0.5, 0.6) is 11.5 Å². The highest BCUT2D eigenvalue weighted by molar-refractivity contribution is 7.10. The summed E-state index contributed by atoms with van der Waals surface area (Å²) < 4.78 is 11.0. The molecular formula is C25H26N2O4S. The third-order valence-electron chi connectivity index (χ3n) is 5.69. The number of nitrogens with one attached hydrogen (secondary N) is 1. The minimum Gasteiger partial charge on any atom is -0.493 e. The first-order valence-corrected chi connectivity index (χ1v) is 11.3. The third kappa shape index (κ3) is 4.34. The Kier molecular flexibility index (Phi) is 6.46. The van der Waals surface area contributed by atoms with Gasteiger partial charge in [-0.3, -0.25) is 9.59 Å². The molecule has 4 rings (SSSR count). The molecule has 32 heavy (non-hydrogen) atoms. The molecule has 3 aromatic rings. The van der Waals surface area contributed by atoms with Crippen LogP contribution in [0, 0.1) is 0 Å². The van der Waals surface area contributed by atoms with Crippen molar-refractivity contribution >= 4 is 23.2 Å². The molecule has 166 valence electrons. The maximum Gasteiger partial charge on any atom is 0.254 e. The van der Waals surface area contributed by atoms with Gasteiger partial charge in [0.1, 0.15) is 0 Å². The fourth-order valence-corrected chi connectivity index (χ4v) is 4.93. The predicted molar refractivity (Wildman–Crippen MR) is 124 cm³/mol. The molecule has 1 unspecified atom stereocenters. The number of fused-ring (bicyclic) bond motifs is 1. The van der Waals surface area contributed by atoms with E-state index in [9.17, 15) is 9.59 Å². The first-order chi connectivity index (χ1) is 15.5. The number of nitrogens with zero attached hydrogens (tertiary/aromatic N) is 1. The summed E-state index contributed by atoms with van der Waals surface area (Å²) in [7, 11) is 3.26. The molecule has 0 fully saturated rings. The second-order valence-electron chi connectivity index (χ2n) is 7.68. The summed E-state index contributed by atoms with van der Waals surface area (Å²) in [6.07, 6.45) is 0.740. The summed E-state index contributed by atoms with van der Waals surface area (Å²) in [4.78, 5) is 27.8. The van der Waals surface area contributed by atoms with Crippen molar-refractivity contribution in [2.24, 2.45) is 0 Å². The van der Waals surface area contributed by atoms with Gasteiger partial charge in [0.2, 0.25) is 5.91 Å². The van der Waals surface area contributed by atoms with Crippen molar-refractivity contribution in [2.45, 2.75) is 25.9 Å². The van der Waals surface area contributed by atoms with E-state index in [-0.39, 0.29) is 17.9 Å². The largest absolute Gasteiger partial charge is 0.493 e. The second kappa shape index (κ2) is 9.44. The molecule has 0 saturated carbocycles. The SMILES string of the molecule is COc1cc2c(cc1OC)C(c1cccs1)N(C(=O)c1ccc(CNC(C)=O)cc1)CC2.